The van der Waals surface area contributed by atoms with Crippen LogP contribution in [0.3, 0.4) is 0 Å². The standard InChI is InChI=1S/C14H15NOS/c1-2-17-13-6-4-12(5-7-13)14-8-3-11(10-16)9-15-14/h3-9,16H,2,10H2,1H3. The van der Waals surface area contributed by atoms with E-state index < -0.39 is 0 Å². The molecule has 2 rings (SSSR count). The van der Waals surface area contributed by atoms with E-state index in [0.717, 1.165) is 22.6 Å². The number of hydrogen-bond acceptors (Lipinski definition) is 3. The molecule has 1 aromatic heterocycles. The molecular formula is C14H15NOS. The zero-order valence-corrected chi connectivity index (χ0v) is 10.6. The minimum atomic E-state index is 0.0410. The van der Waals surface area contributed by atoms with E-state index in [1.165, 1.54) is 4.90 Å². The number of aromatic nitrogens is 1. The summed E-state index contributed by atoms with van der Waals surface area (Å²) >= 11 is 1.83. The highest BCUT2D eigenvalue weighted by molar-refractivity contribution is 7.99. The van der Waals surface area contributed by atoms with Gasteiger partial charge in [-0.05, 0) is 29.5 Å². The maximum Gasteiger partial charge on any atom is 0.0702 e. The molecule has 0 atom stereocenters. The van der Waals surface area contributed by atoms with Crippen molar-refractivity contribution in [1.82, 2.24) is 4.98 Å². The molecule has 0 aliphatic rings. The van der Waals surface area contributed by atoms with Crippen molar-refractivity contribution in [2.24, 2.45) is 0 Å². The van der Waals surface area contributed by atoms with Crippen molar-refractivity contribution in [3.05, 3.63) is 48.2 Å². The zero-order valence-electron chi connectivity index (χ0n) is 9.76. The summed E-state index contributed by atoms with van der Waals surface area (Å²) in [6.45, 7) is 2.19. The smallest absolute Gasteiger partial charge is 0.0702 e. The van der Waals surface area contributed by atoms with Crippen LogP contribution in [0.1, 0.15) is 12.5 Å². The van der Waals surface area contributed by atoms with Crippen LogP contribution in [0.2, 0.25) is 0 Å². The van der Waals surface area contributed by atoms with E-state index in [1.54, 1.807) is 6.20 Å². The van der Waals surface area contributed by atoms with E-state index in [0.29, 0.717) is 0 Å². The van der Waals surface area contributed by atoms with Crippen LogP contribution in [-0.4, -0.2) is 15.8 Å². The van der Waals surface area contributed by atoms with Crippen LogP contribution in [0.4, 0.5) is 0 Å². The third-order valence-corrected chi connectivity index (χ3v) is 3.36. The van der Waals surface area contributed by atoms with Gasteiger partial charge < -0.3 is 5.11 Å². The van der Waals surface area contributed by atoms with Gasteiger partial charge in [0.05, 0.1) is 12.3 Å². The second-order valence-corrected chi connectivity index (χ2v) is 5.00. The normalized spacial score (nSPS) is 10.5. The molecule has 0 saturated carbocycles. The molecule has 3 heteroatoms. The van der Waals surface area contributed by atoms with Gasteiger partial charge >= 0.3 is 0 Å². The number of aliphatic hydroxyl groups is 1. The van der Waals surface area contributed by atoms with Crippen molar-refractivity contribution in [3.8, 4) is 11.3 Å². The van der Waals surface area contributed by atoms with Gasteiger partial charge in [0.15, 0.2) is 0 Å². The van der Waals surface area contributed by atoms with Gasteiger partial charge in [-0.25, -0.2) is 0 Å². The zero-order chi connectivity index (χ0) is 12.1. The molecule has 0 bridgehead atoms. The fourth-order valence-electron chi connectivity index (χ4n) is 1.58. The van der Waals surface area contributed by atoms with E-state index in [4.69, 9.17) is 5.11 Å². The molecule has 88 valence electrons. The average molecular weight is 245 g/mol. The van der Waals surface area contributed by atoms with Crippen LogP contribution in [0.15, 0.2) is 47.5 Å². The molecule has 0 fully saturated rings. The molecule has 0 aliphatic carbocycles. The first-order chi connectivity index (χ1) is 8.33. The van der Waals surface area contributed by atoms with Gasteiger partial charge in [0.2, 0.25) is 0 Å². The van der Waals surface area contributed by atoms with Gasteiger partial charge in [-0.3, -0.25) is 4.98 Å². The summed E-state index contributed by atoms with van der Waals surface area (Å²) in [7, 11) is 0. The molecule has 2 nitrogen and oxygen atoms in total. The van der Waals surface area contributed by atoms with E-state index in [2.05, 4.69) is 36.2 Å². The first kappa shape index (κ1) is 12.1. The number of rotatable bonds is 4. The van der Waals surface area contributed by atoms with Crippen molar-refractivity contribution < 1.29 is 5.11 Å². The molecule has 0 aliphatic heterocycles. The van der Waals surface area contributed by atoms with Gasteiger partial charge in [0.1, 0.15) is 0 Å². The molecule has 0 amide bonds. The third-order valence-electron chi connectivity index (χ3n) is 2.47. The lowest BCUT2D eigenvalue weighted by Crippen LogP contribution is -1.87. The Balaban J connectivity index is 2.20. The van der Waals surface area contributed by atoms with Crippen LogP contribution < -0.4 is 0 Å². The highest BCUT2D eigenvalue weighted by atomic mass is 32.2. The quantitative estimate of drug-likeness (QED) is 0.838. The van der Waals surface area contributed by atoms with Gasteiger partial charge in [0, 0.05) is 16.7 Å². The van der Waals surface area contributed by atoms with Crippen LogP contribution in [0, 0.1) is 0 Å². The van der Waals surface area contributed by atoms with Gasteiger partial charge in [0.25, 0.3) is 0 Å². The fraction of sp³-hybridized carbons (Fsp3) is 0.214. The van der Waals surface area contributed by atoms with E-state index in [1.807, 2.05) is 23.9 Å². The summed E-state index contributed by atoms with van der Waals surface area (Å²) in [6, 6.07) is 12.2. The van der Waals surface area contributed by atoms with E-state index in [9.17, 15) is 0 Å². The van der Waals surface area contributed by atoms with Crippen molar-refractivity contribution in [2.75, 3.05) is 5.75 Å². The van der Waals surface area contributed by atoms with Crippen LogP contribution in [0.5, 0.6) is 0 Å². The minimum Gasteiger partial charge on any atom is -0.392 e. The number of nitrogens with zero attached hydrogens (tertiary/aromatic N) is 1. The topological polar surface area (TPSA) is 33.1 Å². The van der Waals surface area contributed by atoms with Crippen molar-refractivity contribution in [3.63, 3.8) is 0 Å². The number of hydrogen-bond donors (Lipinski definition) is 1. The van der Waals surface area contributed by atoms with Crippen LogP contribution in [0.25, 0.3) is 11.3 Å². The lowest BCUT2D eigenvalue weighted by molar-refractivity contribution is 0.281. The molecule has 1 N–H and O–H groups in total. The second-order valence-electron chi connectivity index (χ2n) is 3.67. The van der Waals surface area contributed by atoms with Crippen LogP contribution in [-0.2, 0) is 6.61 Å². The van der Waals surface area contributed by atoms with Crippen molar-refractivity contribution >= 4 is 11.8 Å². The van der Waals surface area contributed by atoms with Crippen molar-refractivity contribution in [2.45, 2.75) is 18.4 Å². The summed E-state index contributed by atoms with van der Waals surface area (Å²) in [4.78, 5) is 5.61. The van der Waals surface area contributed by atoms with Gasteiger partial charge in [-0.15, -0.1) is 11.8 Å². The molecule has 1 heterocycles. The number of aliphatic hydroxyl groups excluding tert-OH is 1. The first-order valence-electron chi connectivity index (χ1n) is 5.62. The Bertz CT molecular complexity index is 465. The summed E-state index contributed by atoms with van der Waals surface area (Å²) < 4.78 is 0. The number of benzene rings is 1. The summed E-state index contributed by atoms with van der Waals surface area (Å²) in [6.07, 6.45) is 1.71. The second kappa shape index (κ2) is 5.84. The molecule has 0 spiro atoms. The fourth-order valence-corrected chi connectivity index (χ4v) is 2.24. The molecule has 0 radical (unpaired) electrons. The summed E-state index contributed by atoms with van der Waals surface area (Å²) in [5.74, 6) is 1.09. The Kier molecular flexibility index (Phi) is 4.18. The summed E-state index contributed by atoms with van der Waals surface area (Å²) in [5, 5.41) is 8.95. The Hall–Kier alpha value is -1.32. The lowest BCUT2D eigenvalue weighted by atomic mass is 10.1. The Morgan fingerprint density at radius 2 is 1.88 bits per heavy atom. The molecule has 2 aromatic rings. The first-order valence-corrected chi connectivity index (χ1v) is 6.61. The third kappa shape index (κ3) is 3.08. The van der Waals surface area contributed by atoms with Gasteiger partial charge in [-0.2, -0.15) is 0 Å². The SMILES string of the molecule is CCSc1ccc(-c2ccc(CO)cn2)cc1. The maximum atomic E-state index is 8.95. The highest BCUT2D eigenvalue weighted by Crippen LogP contribution is 2.22. The monoisotopic (exact) mass is 245 g/mol. The Morgan fingerprint density at radius 3 is 2.41 bits per heavy atom. The molecule has 1 aromatic carbocycles. The van der Waals surface area contributed by atoms with Crippen molar-refractivity contribution in [1.29, 1.82) is 0 Å². The average Bonchev–Trinajstić information content (AvgIpc) is 2.40. The molecule has 0 unspecified atom stereocenters. The minimum absolute atomic E-state index is 0.0410. The highest BCUT2D eigenvalue weighted by Gasteiger charge is 2.00. The largest absolute Gasteiger partial charge is 0.392 e. The van der Waals surface area contributed by atoms with Crippen LogP contribution >= 0.6 is 11.8 Å². The predicted molar refractivity (Wildman–Crippen MR) is 72.0 cm³/mol. The Labute approximate surface area is 106 Å². The predicted octanol–water partition coefficient (Wildman–Crippen LogP) is 3.35. The van der Waals surface area contributed by atoms with Gasteiger partial charge in [-0.1, -0.05) is 25.1 Å². The molecular weight excluding hydrogens is 230 g/mol. The Morgan fingerprint density at radius 1 is 1.12 bits per heavy atom. The number of thioether (sulfide) groups is 1. The maximum absolute atomic E-state index is 8.95. The lowest BCUT2D eigenvalue weighted by Gasteiger charge is -2.03. The molecule has 17 heavy (non-hydrogen) atoms. The summed E-state index contributed by atoms with van der Waals surface area (Å²) in [5.41, 5.74) is 2.89. The number of pyridine rings is 1. The molecule has 0 saturated heterocycles. The van der Waals surface area contributed by atoms with E-state index in [-0.39, 0.29) is 6.61 Å². The van der Waals surface area contributed by atoms with E-state index >= 15 is 0 Å².